The van der Waals surface area contributed by atoms with Gasteiger partial charge >= 0.3 is 0 Å². The zero-order valence-electron chi connectivity index (χ0n) is 11.3. The van der Waals surface area contributed by atoms with Crippen LogP contribution in [0, 0.1) is 0 Å². The van der Waals surface area contributed by atoms with E-state index in [-0.39, 0.29) is 11.7 Å². The minimum Gasteiger partial charge on any atom is -0.496 e. The van der Waals surface area contributed by atoms with Gasteiger partial charge in [-0.05, 0) is 24.6 Å². The Balaban J connectivity index is 2.00. The molecular formula is C17H16O3. The van der Waals surface area contributed by atoms with Crippen LogP contribution in [0.15, 0.2) is 48.5 Å². The fraction of sp³-hybridized carbons (Fsp3) is 0.235. The van der Waals surface area contributed by atoms with Crippen molar-refractivity contribution < 1.29 is 14.3 Å². The Kier molecular flexibility index (Phi) is 3.42. The Morgan fingerprint density at radius 2 is 1.90 bits per heavy atom. The van der Waals surface area contributed by atoms with Crippen molar-refractivity contribution >= 4 is 5.78 Å². The Hall–Kier alpha value is -2.29. The number of benzene rings is 2. The van der Waals surface area contributed by atoms with Gasteiger partial charge < -0.3 is 9.47 Å². The molecule has 0 saturated heterocycles. The van der Waals surface area contributed by atoms with Gasteiger partial charge in [-0.25, -0.2) is 0 Å². The fourth-order valence-electron chi connectivity index (χ4n) is 2.65. The number of rotatable bonds is 3. The van der Waals surface area contributed by atoms with Crippen LogP contribution in [0.25, 0.3) is 0 Å². The molecule has 3 heteroatoms. The van der Waals surface area contributed by atoms with Crippen LogP contribution in [0.2, 0.25) is 0 Å². The summed E-state index contributed by atoms with van der Waals surface area (Å²) in [4.78, 5) is 12.8. The standard InChI is InChI=1S/C17H16O3/c1-19-15-8-4-3-7-14(15)17(18)13-10-11-20-16-9-5-2-6-12(13)16/h2-9,13H,10-11H2,1H3. The van der Waals surface area contributed by atoms with E-state index < -0.39 is 0 Å². The molecule has 0 N–H and O–H groups in total. The number of para-hydroxylation sites is 2. The van der Waals surface area contributed by atoms with Crippen LogP contribution < -0.4 is 9.47 Å². The molecule has 102 valence electrons. The van der Waals surface area contributed by atoms with Crippen LogP contribution in [0.5, 0.6) is 11.5 Å². The number of Topliss-reactive ketones (excluding diaryl/α,β-unsaturated/α-hetero) is 1. The first kappa shape index (κ1) is 12.7. The first-order chi connectivity index (χ1) is 9.81. The smallest absolute Gasteiger partial charge is 0.174 e. The van der Waals surface area contributed by atoms with Crippen molar-refractivity contribution in [3.63, 3.8) is 0 Å². The third-order valence-electron chi connectivity index (χ3n) is 3.65. The van der Waals surface area contributed by atoms with Crippen molar-refractivity contribution in [2.45, 2.75) is 12.3 Å². The largest absolute Gasteiger partial charge is 0.496 e. The van der Waals surface area contributed by atoms with Gasteiger partial charge in [0.25, 0.3) is 0 Å². The Bertz CT molecular complexity index is 634. The van der Waals surface area contributed by atoms with Gasteiger partial charge in [0.2, 0.25) is 0 Å². The van der Waals surface area contributed by atoms with Gasteiger partial charge in [-0.15, -0.1) is 0 Å². The van der Waals surface area contributed by atoms with Gasteiger partial charge in [-0.3, -0.25) is 4.79 Å². The topological polar surface area (TPSA) is 35.5 Å². The summed E-state index contributed by atoms with van der Waals surface area (Å²) in [6, 6.07) is 15.1. The number of hydrogen-bond donors (Lipinski definition) is 0. The molecule has 0 fully saturated rings. The van der Waals surface area contributed by atoms with Crippen LogP contribution in [0.1, 0.15) is 28.3 Å². The van der Waals surface area contributed by atoms with E-state index >= 15 is 0 Å². The predicted octanol–water partition coefficient (Wildman–Crippen LogP) is 3.44. The van der Waals surface area contributed by atoms with E-state index in [2.05, 4.69) is 0 Å². The lowest BCUT2D eigenvalue weighted by Gasteiger charge is -2.25. The molecule has 0 aliphatic carbocycles. The van der Waals surface area contributed by atoms with Crippen molar-refractivity contribution in [1.82, 2.24) is 0 Å². The molecule has 1 heterocycles. The van der Waals surface area contributed by atoms with E-state index in [4.69, 9.17) is 9.47 Å². The lowest BCUT2D eigenvalue weighted by molar-refractivity contribution is 0.0930. The second kappa shape index (κ2) is 5.37. The molecule has 2 aromatic carbocycles. The molecule has 0 spiro atoms. The lowest BCUT2D eigenvalue weighted by atomic mass is 9.86. The molecule has 0 bridgehead atoms. The summed E-state index contributed by atoms with van der Waals surface area (Å²) in [6.07, 6.45) is 0.702. The number of fused-ring (bicyclic) bond motifs is 1. The molecule has 20 heavy (non-hydrogen) atoms. The maximum absolute atomic E-state index is 12.8. The van der Waals surface area contributed by atoms with Crippen molar-refractivity contribution in [2.24, 2.45) is 0 Å². The van der Waals surface area contributed by atoms with Gasteiger partial charge in [0.1, 0.15) is 11.5 Å². The molecular weight excluding hydrogens is 252 g/mol. The number of carbonyl (C=O) groups excluding carboxylic acids is 1. The third-order valence-corrected chi connectivity index (χ3v) is 3.65. The number of ketones is 1. The first-order valence-corrected chi connectivity index (χ1v) is 6.70. The van der Waals surface area contributed by atoms with Gasteiger partial charge in [0.05, 0.1) is 25.2 Å². The fourth-order valence-corrected chi connectivity index (χ4v) is 2.65. The SMILES string of the molecule is COc1ccccc1C(=O)C1CCOc2ccccc21. The van der Waals surface area contributed by atoms with E-state index in [9.17, 15) is 4.79 Å². The summed E-state index contributed by atoms with van der Waals surface area (Å²) in [5.41, 5.74) is 1.60. The number of methoxy groups -OCH3 is 1. The normalized spacial score (nSPS) is 16.9. The highest BCUT2D eigenvalue weighted by Crippen LogP contribution is 2.36. The minimum absolute atomic E-state index is 0.0956. The van der Waals surface area contributed by atoms with Gasteiger partial charge in [-0.1, -0.05) is 30.3 Å². The molecule has 0 aromatic heterocycles. The molecule has 0 amide bonds. The van der Waals surface area contributed by atoms with Crippen molar-refractivity contribution in [1.29, 1.82) is 0 Å². The highest BCUT2D eigenvalue weighted by molar-refractivity contribution is 6.03. The molecule has 1 aliphatic rings. The molecule has 1 aliphatic heterocycles. The maximum Gasteiger partial charge on any atom is 0.174 e. The first-order valence-electron chi connectivity index (χ1n) is 6.70. The molecule has 2 aromatic rings. The summed E-state index contributed by atoms with van der Waals surface area (Å²) in [7, 11) is 1.59. The van der Waals surface area contributed by atoms with Crippen LogP contribution >= 0.6 is 0 Å². The zero-order chi connectivity index (χ0) is 13.9. The minimum atomic E-state index is -0.156. The highest BCUT2D eigenvalue weighted by Gasteiger charge is 2.29. The Labute approximate surface area is 118 Å². The van der Waals surface area contributed by atoms with Crippen LogP contribution in [-0.4, -0.2) is 19.5 Å². The number of carbonyl (C=O) groups is 1. The van der Waals surface area contributed by atoms with Crippen molar-refractivity contribution in [3.8, 4) is 11.5 Å². The summed E-state index contributed by atoms with van der Waals surface area (Å²) in [5, 5.41) is 0. The van der Waals surface area contributed by atoms with E-state index in [1.165, 1.54) is 0 Å². The summed E-state index contributed by atoms with van der Waals surface area (Å²) < 4.78 is 10.9. The highest BCUT2D eigenvalue weighted by atomic mass is 16.5. The zero-order valence-corrected chi connectivity index (χ0v) is 11.3. The molecule has 0 radical (unpaired) electrons. The summed E-state index contributed by atoms with van der Waals surface area (Å²) >= 11 is 0. The molecule has 1 atom stereocenters. The van der Waals surface area contributed by atoms with E-state index in [0.717, 1.165) is 11.3 Å². The maximum atomic E-state index is 12.8. The van der Waals surface area contributed by atoms with Crippen LogP contribution in [-0.2, 0) is 0 Å². The molecule has 3 nitrogen and oxygen atoms in total. The summed E-state index contributed by atoms with van der Waals surface area (Å²) in [6.45, 7) is 0.572. The van der Waals surface area contributed by atoms with E-state index in [1.54, 1.807) is 7.11 Å². The van der Waals surface area contributed by atoms with Crippen LogP contribution in [0.4, 0.5) is 0 Å². The third kappa shape index (κ3) is 2.16. The van der Waals surface area contributed by atoms with Crippen molar-refractivity contribution in [2.75, 3.05) is 13.7 Å². The second-order valence-corrected chi connectivity index (χ2v) is 4.79. The quantitative estimate of drug-likeness (QED) is 0.800. The Morgan fingerprint density at radius 1 is 1.15 bits per heavy atom. The average molecular weight is 268 g/mol. The predicted molar refractivity (Wildman–Crippen MR) is 76.6 cm³/mol. The lowest BCUT2D eigenvalue weighted by Crippen LogP contribution is -2.21. The van der Waals surface area contributed by atoms with Gasteiger partial charge in [0.15, 0.2) is 5.78 Å². The average Bonchev–Trinajstić information content (AvgIpc) is 2.53. The van der Waals surface area contributed by atoms with E-state index in [0.29, 0.717) is 24.3 Å². The van der Waals surface area contributed by atoms with Crippen LogP contribution in [0.3, 0.4) is 0 Å². The Morgan fingerprint density at radius 3 is 2.75 bits per heavy atom. The second-order valence-electron chi connectivity index (χ2n) is 4.79. The molecule has 0 saturated carbocycles. The van der Waals surface area contributed by atoms with E-state index in [1.807, 2.05) is 48.5 Å². The van der Waals surface area contributed by atoms with Crippen molar-refractivity contribution in [3.05, 3.63) is 59.7 Å². The monoisotopic (exact) mass is 268 g/mol. The molecule has 3 rings (SSSR count). The number of hydrogen-bond acceptors (Lipinski definition) is 3. The van der Waals surface area contributed by atoms with Gasteiger partial charge in [0, 0.05) is 5.56 Å². The molecule has 1 unspecified atom stereocenters. The summed E-state index contributed by atoms with van der Waals surface area (Å²) in [5.74, 6) is 1.38. The van der Waals surface area contributed by atoms with Gasteiger partial charge in [-0.2, -0.15) is 0 Å². The number of ether oxygens (including phenoxy) is 2.